The van der Waals surface area contributed by atoms with E-state index < -0.39 is 9.92 Å². The molecule has 0 spiro atoms. The van der Waals surface area contributed by atoms with Gasteiger partial charge in [0.05, 0.1) is 6.04 Å². The Balaban J connectivity index is 1.42. The van der Waals surface area contributed by atoms with Gasteiger partial charge in [-0.25, -0.2) is 22.3 Å². The standard InChI is InChI=1S/C17H22FN7O3S/c1-29(19,27)25-6-4-12(5-7-25)20-17-15(23-28-24-17)16(22-26)21-14-8-10-2-3-11(18)9-13(10)14/h2-3,9,12,14,19,26H,4-8H2,1H3,(H,20,24)(H,21,22)/t14-,29?/m1/s1. The number of piperidine rings is 1. The van der Waals surface area contributed by atoms with Gasteiger partial charge in [0.15, 0.2) is 11.5 Å². The summed E-state index contributed by atoms with van der Waals surface area (Å²) in [5.41, 5.74) is 2.06. The van der Waals surface area contributed by atoms with Crippen LogP contribution >= 0.6 is 0 Å². The van der Waals surface area contributed by atoms with Crippen LogP contribution in [0.15, 0.2) is 28.0 Å². The zero-order chi connectivity index (χ0) is 20.6. The molecule has 1 fully saturated rings. The van der Waals surface area contributed by atoms with Crippen LogP contribution in [0.5, 0.6) is 0 Å². The zero-order valence-electron chi connectivity index (χ0n) is 15.8. The third-order valence-corrected chi connectivity index (χ3v) is 6.67. The first-order valence-corrected chi connectivity index (χ1v) is 11.1. The lowest BCUT2D eigenvalue weighted by molar-refractivity contribution is 0.302. The lowest BCUT2D eigenvalue weighted by atomic mass is 9.83. The van der Waals surface area contributed by atoms with Gasteiger partial charge in [-0.3, -0.25) is 0 Å². The van der Waals surface area contributed by atoms with E-state index in [1.54, 1.807) is 10.4 Å². The fourth-order valence-corrected chi connectivity index (χ4v) is 4.60. The first-order chi connectivity index (χ1) is 13.8. The van der Waals surface area contributed by atoms with E-state index in [0.717, 1.165) is 11.1 Å². The van der Waals surface area contributed by atoms with Crippen molar-refractivity contribution in [3.8, 4) is 0 Å². The van der Waals surface area contributed by atoms with Crippen molar-refractivity contribution in [3.63, 3.8) is 0 Å². The van der Waals surface area contributed by atoms with Gasteiger partial charge in [-0.05, 0) is 52.8 Å². The molecule has 0 saturated carbocycles. The first-order valence-electron chi connectivity index (χ1n) is 9.20. The molecule has 0 radical (unpaired) electrons. The summed E-state index contributed by atoms with van der Waals surface area (Å²) in [4.78, 5) is 0. The predicted molar refractivity (Wildman–Crippen MR) is 104 cm³/mol. The number of rotatable bonds is 5. The molecule has 1 aromatic carbocycles. The molecule has 1 aliphatic carbocycles. The van der Waals surface area contributed by atoms with E-state index in [-0.39, 0.29) is 29.4 Å². The molecule has 4 rings (SSSR count). The number of hydrogen-bond acceptors (Lipinski definition) is 8. The fraction of sp³-hybridized carbons (Fsp3) is 0.471. The molecule has 29 heavy (non-hydrogen) atoms. The van der Waals surface area contributed by atoms with Gasteiger partial charge in [0.2, 0.25) is 5.82 Å². The average Bonchev–Trinajstić information content (AvgIpc) is 3.12. The zero-order valence-corrected chi connectivity index (χ0v) is 16.6. The number of halogens is 1. The Labute approximate surface area is 167 Å². The quantitative estimate of drug-likeness (QED) is 0.248. The monoisotopic (exact) mass is 423 g/mol. The summed E-state index contributed by atoms with van der Waals surface area (Å²) >= 11 is 0. The predicted octanol–water partition coefficient (Wildman–Crippen LogP) is 1.70. The van der Waals surface area contributed by atoms with Gasteiger partial charge in [0.1, 0.15) is 15.7 Å². The number of fused-ring (bicyclic) bond motifs is 1. The molecule has 10 nitrogen and oxygen atoms in total. The van der Waals surface area contributed by atoms with Gasteiger partial charge in [-0.15, -0.1) is 0 Å². The van der Waals surface area contributed by atoms with Crippen molar-refractivity contribution in [2.45, 2.75) is 31.3 Å². The summed E-state index contributed by atoms with van der Waals surface area (Å²) in [6.45, 7) is 1.06. The van der Waals surface area contributed by atoms with Gasteiger partial charge < -0.3 is 15.8 Å². The van der Waals surface area contributed by atoms with Gasteiger partial charge in [-0.1, -0.05) is 11.2 Å². The number of benzene rings is 1. The molecule has 4 N–H and O–H groups in total. The molecule has 12 heteroatoms. The third-order valence-electron chi connectivity index (χ3n) is 5.32. The molecule has 2 heterocycles. The van der Waals surface area contributed by atoms with Crippen LogP contribution < -0.4 is 10.6 Å². The summed E-state index contributed by atoms with van der Waals surface area (Å²) in [6.07, 6.45) is 3.43. The van der Waals surface area contributed by atoms with E-state index >= 15 is 0 Å². The van der Waals surface area contributed by atoms with Crippen molar-refractivity contribution in [3.05, 3.63) is 40.8 Å². The van der Waals surface area contributed by atoms with Crippen LogP contribution in [0.2, 0.25) is 0 Å². The van der Waals surface area contributed by atoms with Crippen LogP contribution in [0.4, 0.5) is 10.2 Å². The Hall–Kier alpha value is -2.73. The largest absolute Gasteiger partial charge is 0.409 e. The lowest BCUT2D eigenvalue weighted by Crippen LogP contribution is -2.42. The molecule has 156 valence electrons. The van der Waals surface area contributed by atoms with Crippen molar-refractivity contribution < 1.29 is 18.4 Å². The van der Waals surface area contributed by atoms with Crippen molar-refractivity contribution >= 4 is 21.6 Å². The number of oxime groups is 1. The molecule has 1 unspecified atom stereocenters. The Bertz CT molecular complexity index is 1030. The molecule has 2 atom stereocenters. The van der Waals surface area contributed by atoms with Crippen molar-refractivity contribution in [1.29, 1.82) is 4.78 Å². The minimum absolute atomic E-state index is 0.0251. The number of anilines is 1. The number of nitrogens with one attached hydrogen (secondary N) is 3. The normalized spacial score (nSPS) is 22.4. The molecule has 1 saturated heterocycles. The maximum Gasteiger partial charge on any atom is 0.202 e. The lowest BCUT2D eigenvalue weighted by Gasteiger charge is -2.32. The van der Waals surface area contributed by atoms with Crippen molar-refractivity contribution in [2.24, 2.45) is 5.16 Å². The van der Waals surface area contributed by atoms with Crippen LogP contribution in [-0.4, -0.2) is 55.3 Å². The molecule has 1 aromatic heterocycles. The molecule has 1 aliphatic heterocycles. The average molecular weight is 423 g/mol. The summed E-state index contributed by atoms with van der Waals surface area (Å²) in [5, 5.41) is 26.7. The van der Waals surface area contributed by atoms with Crippen LogP contribution in [0.1, 0.15) is 35.7 Å². The van der Waals surface area contributed by atoms with Gasteiger partial charge in [0.25, 0.3) is 0 Å². The second kappa shape index (κ2) is 7.59. The molecular formula is C17H22FN7O3S. The summed E-state index contributed by atoms with van der Waals surface area (Å²) in [5.74, 6) is 0.0812. The minimum atomic E-state index is -2.70. The van der Waals surface area contributed by atoms with Crippen molar-refractivity contribution in [2.75, 3.05) is 24.7 Å². The highest BCUT2D eigenvalue weighted by Crippen LogP contribution is 2.34. The van der Waals surface area contributed by atoms with Crippen LogP contribution in [0, 0.1) is 10.6 Å². The second-order valence-electron chi connectivity index (χ2n) is 7.30. The third kappa shape index (κ3) is 4.03. The van der Waals surface area contributed by atoms with Crippen LogP contribution in [-0.2, 0) is 16.3 Å². The SMILES string of the molecule is CS(=N)(=O)N1CCC(Nc2nonc2/C(=N\O)N[C@@H]2Cc3ccc(F)cc32)CC1. The molecule has 2 aromatic rings. The maximum absolute atomic E-state index is 13.5. The van der Waals surface area contributed by atoms with Crippen LogP contribution in [0.25, 0.3) is 0 Å². The summed E-state index contributed by atoms with van der Waals surface area (Å²) in [6, 6.07) is 4.44. The summed E-state index contributed by atoms with van der Waals surface area (Å²) in [7, 11) is -2.70. The smallest absolute Gasteiger partial charge is 0.202 e. The van der Waals surface area contributed by atoms with E-state index in [0.29, 0.717) is 38.2 Å². The van der Waals surface area contributed by atoms with E-state index in [1.807, 2.05) is 0 Å². The Morgan fingerprint density at radius 2 is 2.17 bits per heavy atom. The van der Waals surface area contributed by atoms with Crippen LogP contribution in [0.3, 0.4) is 0 Å². The Morgan fingerprint density at radius 1 is 1.41 bits per heavy atom. The molecule has 2 aliphatic rings. The Morgan fingerprint density at radius 3 is 2.86 bits per heavy atom. The number of amidine groups is 1. The topological polar surface area (TPSA) is 140 Å². The molecule has 0 amide bonds. The second-order valence-corrected chi connectivity index (χ2v) is 9.43. The molecular weight excluding hydrogens is 401 g/mol. The number of nitrogens with zero attached hydrogens (tertiary/aromatic N) is 4. The van der Waals surface area contributed by atoms with Crippen molar-refractivity contribution in [1.82, 2.24) is 19.9 Å². The highest BCUT2D eigenvalue weighted by molar-refractivity contribution is 7.89. The maximum atomic E-state index is 13.5. The Kier molecular flexibility index (Phi) is 5.13. The van der Waals surface area contributed by atoms with Gasteiger partial charge in [-0.2, -0.15) is 0 Å². The molecule has 0 bridgehead atoms. The first kappa shape index (κ1) is 19.6. The van der Waals surface area contributed by atoms with E-state index in [2.05, 4.69) is 26.1 Å². The van der Waals surface area contributed by atoms with E-state index in [4.69, 9.17) is 9.41 Å². The fourth-order valence-electron chi connectivity index (χ4n) is 3.69. The summed E-state index contributed by atoms with van der Waals surface area (Å²) < 4.78 is 39.5. The minimum Gasteiger partial charge on any atom is -0.409 e. The number of hydrogen-bond donors (Lipinski definition) is 4. The highest BCUT2D eigenvalue weighted by Gasteiger charge is 2.31. The van der Waals surface area contributed by atoms with Gasteiger partial charge in [0, 0.05) is 25.4 Å². The number of aromatic nitrogens is 2. The van der Waals surface area contributed by atoms with Gasteiger partial charge >= 0.3 is 0 Å². The van der Waals surface area contributed by atoms with E-state index in [9.17, 15) is 13.8 Å². The highest BCUT2D eigenvalue weighted by atomic mass is 32.2. The van der Waals surface area contributed by atoms with E-state index in [1.165, 1.54) is 18.4 Å².